The Morgan fingerprint density at radius 2 is 2.00 bits per heavy atom. The largest absolute Gasteiger partial charge is 0.452 e. The van der Waals surface area contributed by atoms with Crippen LogP contribution in [0, 0.1) is 5.82 Å². The van der Waals surface area contributed by atoms with Crippen molar-refractivity contribution in [2.24, 2.45) is 0 Å². The van der Waals surface area contributed by atoms with Gasteiger partial charge in [-0.05, 0) is 18.6 Å². The average molecular weight is 401 g/mol. The predicted octanol–water partition coefficient (Wildman–Crippen LogP) is 3.40. The van der Waals surface area contributed by atoms with Crippen molar-refractivity contribution in [3.05, 3.63) is 29.8 Å². The van der Waals surface area contributed by atoms with Crippen LogP contribution in [0.3, 0.4) is 0 Å². The van der Waals surface area contributed by atoms with Crippen molar-refractivity contribution >= 4 is 34.3 Å². The second kappa shape index (κ2) is 7.29. The van der Waals surface area contributed by atoms with Crippen molar-refractivity contribution in [2.75, 3.05) is 19.8 Å². The fraction of sp³-hybridized carbons (Fsp3) is 0.375. The summed E-state index contributed by atoms with van der Waals surface area (Å²) in [4.78, 5) is 17.4. The van der Waals surface area contributed by atoms with Crippen LogP contribution in [0.4, 0.5) is 17.6 Å². The van der Waals surface area contributed by atoms with Gasteiger partial charge in [-0.3, -0.25) is 9.20 Å². The van der Waals surface area contributed by atoms with Gasteiger partial charge in [0.1, 0.15) is 10.8 Å². The number of carbonyl (C=O) groups excluding carboxylic acids is 1. The van der Waals surface area contributed by atoms with E-state index in [0.29, 0.717) is 18.6 Å². The average Bonchev–Trinajstić information content (AvgIpc) is 3.04. The maximum Gasteiger partial charge on any atom is 0.452 e. The van der Waals surface area contributed by atoms with Gasteiger partial charge in [0, 0.05) is 32.3 Å². The van der Waals surface area contributed by atoms with E-state index in [4.69, 9.17) is 0 Å². The Balaban J connectivity index is 1.99. The molecule has 11 heteroatoms. The lowest BCUT2D eigenvalue weighted by atomic mass is 10.3. The first-order valence-electron chi connectivity index (χ1n) is 7.93. The van der Waals surface area contributed by atoms with E-state index < -0.39 is 17.8 Å². The van der Waals surface area contributed by atoms with Crippen LogP contribution in [0.15, 0.2) is 23.2 Å². The summed E-state index contributed by atoms with van der Waals surface area (Å²) in [5.74, 6) is -1.50. The summed E-state index contributed by atoms with van der Waals surface area (Å²) in [6.45, 7) is 0. The van der Waals surface area contributed by atoms with E-state index in [-0.39, 0.29) is 27.6 Å². The van der Waals surface area contributed by atoms with E-state index >= 15 is 0 Å². The molecule has 0 unspecified atom stereocenters. The Kier molecular flexibility index (Phi) is 5.22. The molecule has 0 bridgehead atoms. The molecule has 0 atom stereocenters. The van der Waals surface area contributed by atoms with Gasteiger partial charge in [0.2, 0.25) is 11.7 Å². The molecule has 0 saturated heterocycles. The van der Waals surface area contributed by atoms with Gasteiger partial charge >= 0.3 is 6.18 Å². The third kappa shape index (κ3) is 3.97. The molecule has 27 heavy (non-hydrogen) atoms. The minimum atomic E-state index is -4.75. The second-order valence-corrected chi connectivity index (χ2v) is 7.05. The van der Waals surface area contributed by atoms with Gasteiger partial charge in [0.25, 0.3) is 0 Å². The van der Waals surface area contributed by atoms with E-state index in [9.17, 15) is 22.4 Å². The van der Waals surface area contributed by atoms with Gasteiger partial charge in [-0.25, -0.2) is 9.37 Å². The molecular formula is C16H15F4N5OS. The molecule has 0 aliphatic heterocycles. The van der Waals surface area contributed by atoms with Crippen LogP contribution in [0.2, 0.25) is 0 Å². The smallest absolute Gasteiger partial charge is 0.349 e. The number of halogens is 4. The molecule has 144 valence electrons. The molecule has 3 rings (SSSR count). The van der Waals surface area contributed by atoms with Crippen molar-refractivity contribution in [1.29, 1.82) is 0 Å². The van der Waals surface area contributed by atoms with E-state index in [1.54, 1.807) is 14.1 Å². The highest BCUT2D eigenvalue weighted by atomic mass is 32.2. The van der Waals surface area contributed by atoms with Gasteiger partial charge in [-0.2, -0.15) is 13.2 Å². The first kappa shape index (κ1) is 19.3. The van der Waals surface area contributed by atoms with Gasteiger partial charge in [-0.1, -0.05) is 0 Å². The first-order chi connectivity index (χ1) is 12.7. The standard InChI is InChI=1S/C16H15F4N5OS/c1-24(2)12(26)4-3-7-27-14-13-22-23-15(16(18,19)20)25(13)11-8-9(17)5-6-10(11)21-14/h5-6,8H,3-4,7H2,1-2H3. The van der Waals surface area contributed by atoms with Crippen LogP contribution >= 0.6 is 11.8 Å². The molecule has 2 aromatic heterocycles. The molecule has 0 aliphatic rings. The molecular weight excluding hydrogens is 386 g/mol. The number of carbonyl (C=O) groups is 1. The molecule has 0 fully saturated rings. The number of hydrogen-bond donors (Lipinski definition) is 0. The highest BCUT2D eigenvalue weighted by molar-refractivity contribution is 7.99. The van der Waals surface area contributed by atoms with Gasteiger partial charge in [0.05, 0.1) is 11.0 Å². The number of aromatic nitrogens is 4. The number of alkyl halides is 3. The summed E-state index contributed by atoms with van der Waals surface area (Å²) in [6, 6.07) is 3.41. The zero-order valence-electron chi connectivity index (χ0n) is 14.4. The van der Waals surface area contributed by atoms with Crippen LogP contribution in [0.5, 0.6) is 0 Å². The summed E-state index contributed by atoms with van der Waals surface area (Å²) in [5, 5.41) is 7.10. The molecule has 0 saturated carbocycles. The Bertz CT molecular complexity index is 1000. The van der Waals surface area contributed by atoms with E-state index in [0.717, 1.165) is 16.5 Å². The molecule has 3 aromatic rings. The number of thioether (sulfide) groups is 1. The molecule has 2 heterocycles. The monoisotopic (exact) mass is 401 g/mol. The molecule has 0 aliphatic carbocycles. The highest BCUT2D eigenvalue weighted by Gasteiger charge is 2.38. The zero-order chi connectivity index (χ0) is 19.8. The van der Waals surface area contributed by atoms with Crippen LogP contribution < -0.4 is 0 Å². The molecule has 1 aromatic carbocycles. The third-order valence-corrected chi connectivity index (χ3v) is 4.82. The van der Waals surface area contributed by atoms with E-state index in [2.05, 4.69) is 15.2 Å². The van der Waals surface area contributed by atoms with Crippen molar-refractivity contribution in [3.8, 4) is 0 Å². The molecule has 0 radical (unpaired) electrons. The SMILES string of the molecule is CN(C)C(=O)CCCSc1nc2ccc(F)cc2n2c(C(F)(F)F)nnc12. The van der Waals surface area contributed by atoms with Crippen LogP contribution in [0.1, 0.15) is 18.7 Å². The first-order valence-corrected chi connectivity index (χ1v) is 8.91. The fourth-order valence-corrected chi connectivity index (χ4v) is 3.38. The second-order valence-electron chi connectivity index (χ2n) is 5.97. The lowest BCUT2D eigenvalue weighted by Gasteiger charge is -2.11. The maximum absolute atomic E-state index is 13.6. The van der Waals surface area contributed by atoms with Gasteiger partial charge in [0.15, 0.2) is 5.65 Å². The van der Waals surface area contributed by atoms with Crippen molar-refractivity contribution in [3.63, 3.8) is 0 Å². The zero-order valence-corrected chi connectivity index (χ0v) is 15.2. The lowest BCUT2D eigenvalue weighted by molar-refractivity contribution is -0.145. The van der Waals surface area contributed by atoms with Crippen molar-refractivity contribution in [2.45, 2.75) is 24.0 Å². The van der Waals surface area contributed by atoms with Crippen molar-refractivity contribution < 1.29 is 22.4 Å². The minimum Gasteiger partial charge on any atom is -0.349 e. The number of fused-ring (bicyclic) bond motifs is 3. The minimum absolute atomic E-state index is 0.0375. The Hall–Kier alpha value is -2.43. The molecule has 0 spiro atoms. The Morgan fingerprint density at radius 1 is 1.26 bits per heavy atom. The lowest BCUT2D eigenvalue weighted by Crippen LogP contribution is -2.21. The maximum atomic E-state index is 13.6. The summed E-state index contributed by atoms with van der Waals surface area (Å²) >= 11 is 1.18. The molecule has 0 N–H and O–H groups in total. The molecule has 6 nitrogen and oxygen atoms in total. The molecule has 1 amide bonds. The summed E-state index contributed by atoms with van der Waals surface area (Å²) in [5.41, 5.74) is 0.0416. The Labute approximate surface area is 155 Å². The number of nitrogens with zero attached hydrogens (tertiary/aromatic N) is 5. The predicted molar refractivity (Wildman–Crippen MR) is 91.9 cm³/mol. The summed E-state index contributed by atoms with van der Waals surface area (Å²) in [6.07, 6.45) is -3.91. The van der Waals surface area contributed by atoms with Crippen LogP contribution in [-0.2, 0) is 11.0 Å². The van der Waals surface area contributed by atoms with E-state index in [1.807, 2.05) is 0 Å². The van der Waals surface area contributed by atoms with Crippen LogP contribution in [-0.4, -0.2) is 50.2 Å². The summed E-state index contributed by atoms with van der Waals surface area (Å²) < 4.78 is 54.2. The van der Waals surface area contributed by atoms with Gasteiger partial charge in [-0.15, -0.1) is 22.0 Å². The number of rotatable bonds is 5. The third-order valence-electron chi connectivity index (χ3n) is 3.78. The van der Waals surface area contributed by atoms with E-state index in [1.165, 1.54) is 22.7 Å². The van der Waals surface area contributed by atoms with Crippen molar-refractivity contribution in [1.82, 2.24) is 24.5 Å². The normalized spacial score (nSPS) is 12.1. The highest BCUT2D eigenvalue weighted by Crippen LogP contribution is 2.33. The number of benzene rings is 1. The number of amides is 1. The van der Waals surface area contributed by atoms with Crippen LogP contribution in [0.25, 0.3) is 16.7 Å². The summed E-state index contributed by atoms with van der Waals surface area (Å²) in [7, 11) is 3.30. The quantitative estimate of drug-likeness (QED) is 0.373. The van der Waals surface area contributed by atoms with Gasteiger partial charge < -0.3 is 4.90 Å². The Morgan fingerprint density at radius 3 is 2.67 bits per heavy atom. The number of hydrogen-bond acceptors (Lipinski definition) is 5. The fourth-order valence-electron chi connectivity index (χ4n) is 2.48. The topological polar surface area (TPSA) is 63.4 Å².